The van der Waals surface area contributed by atoms with Gasteiger partial charge in [-0.05, 0) is 53.2 Å². The molecule has 0 aliphatic carbocycles. The first-order valence-corrected chi connectivity index (χ1v) is 9.72. The lowest BCUT2D eigenvalue weighted by atomic mass is 10.0. The summed E-state index contributed by atoms with van der Waals surface area (Å²) in [4.78, 5) is 43.1. The van der Waals surface area contributed by atoms with Gasteiger partial charge in [0.25, 0.3) is 0 Å². The minimum Gasteiger partial charge on any atom is -0.465 e. The van der Waals surface area contributed by atoms with Gasteiger partial charge >= 0.3 is 18.2 Å². The zero-order valence-corrected chi connectivity index (χ0v) is 18.9. The summed E-state index contributed by atoms with van der Waals surface area (Å²) in [7, 11) is 1.25. The first-order chi connectivity index (χ1) is 14.3. The van der Waals surface area contributed by atoms with Crippen LogP contribution in [0.15, 0.2) is 42.6 Å². The normalized spacial score (nSPS) is 11.5. The third-order valence-electron chi connectivity index (χ3n) is 3.76. The number of carbonyl (C=O) groups excluding carboxylic acids is 3. The van der Waals surface area contributed by atoms with E-state index < -0.39 is 29.4 Å². The van der Waals surface area contributed by atoms with Gasteiger partial charge in [-0.3, -0.25) is 0 Å². The summed E-state index contributed by atoms with van der Waals surface area (Å²) in [5.41, 5.74) is -0.387. The fourth-order valence-electron chi connectivity index (χ4n) is 2.57. The van der Waals surface area contributed by atoms with Crippen molar-refractivity contribution in [3.05, 3.63) is 48.2 Å². The standard InChI is InChI=1S/C23H28N2O6/c1-22(2,3)30-20(27)25(21(28)31-23(4,5)6)18-13-16(19(26)29-7)17(14-24-18)15-11-9-8-10-12-15/h8-14H,1-7H3. The highest BCUT2D eigenvalue weighted by Gasteiger charge is 2.34. The van der Waals surface area contributed by atoms with Gasteiger partial charge in [-0.2, -0.15) is 4.90 Å². The molecule has 0 aliphatic heterocycles. The second-order valence-corrected chi connectivity index (χ2v) is 8.74. The number of benzene rings is 1. The molecule has 0 bridgehead atoms. The van der Waals surface area contributed by atoms with E-state index >= 15 is 0 Å². The number of rotatable bonds is 3. The van der Waals surface area contributed by atoms with Crippen LogP contribution >= 0.6 is 0 Å². The maximum atomic E-state index is 12.8. The Morgan fingerprint density at radius 2 is 1.39 bits per heavy atom. The highest BCUT2D eigenvalue weighted by Crippen LogP contribution is 2.28. The van der Waals surface area contributed by atoms with E-state index in [-0.39, 0.29) is 11.4 Å². The monoisotopic (exact) mass is 428 g/mol. The molecule has 0 spiro atoms. The van der Waals surface area contributed by atoms with Crippen LogP contribution in [0.5, 0.6) is 0 Å². The second kappa shape index (κ2) is 9.16. The highest BCUT2D eigenvalue weighted by molar-refractivity contribution is 6.10. The fraction of sp³-hybridized carbons (Fsp3) is 0.391. The average molecular weight is 428 g/mol. The van der Waals surface area contributed by atoms with Gasteiger partial charge in [0.1, 0.15) is 17.0 Å². The van der Waals surface area contributed by atoms with Gasteiger partial charge in [0.15, 0.2) is 0 Å². The summed E-state index contributed by atoms with van der Waals surface area (Å²) in [5, 5.41) is 0. The molecule has 8 nitrogen and oxygen atoms in total. The van der Waals surface area contributed by atoms with Gasteiger partial charge in [0.05, 0.1) is 12.7 Å². The van der Waals surface area contributed by atoms with Crippen LogP contribution in [0.2, 0.25) is 0 Å². The van der Waals surface area contributed by atoms with Crippen molar-refractivity contribution in [1.82, 2.24) is 4.98 Å². The summed E-state index contributed by atoms with van der Waals surface area (Å²) in [6, 6.07) is 10.4. The molecule has 0 saturated heterocycles. The molecule has 0 unspecified atom stereocenters. The number of ether oxygens (including phenoxy) is 3. The van der Waals surface area contributed by atoms with E-state index in [1.807, 2.05) is 30.3 Å². The van der Waals surface area contributed by atoms with Crippen LogP contribution in [-0.4, -0.2) is 41.5 Å². The average Bonchev–Trinajstić information content (AvgIpc) is 2.65. The van der Waals surface area contributed by atoms with Crippen molar-refractivity contribution >= 4 is 24.0 Å². The molecule has 0 fully saturated rings. The van der Waals surface area contributed by atoms with Crippen LogP contribution in [0, 0.1) is 0 Å². The number of nitrogens with zero attached hydrogens (tertiary/aromatic N) is 2. The number of imide groups is 1. The van der Waals surface area contributed by atoms with Crippen molar-refractivity contribution in [3.8, 4) is 11.1 Å². The number of methoxy groups -OCH3 is 1. The summed E-state index contributed by atoms with van der Waals surface area (Å²) < 4.78 is 15.6. The van der Waals surface area contributed by atoms with Crippen LogP contribution in [-0.2, 0) is 14.2 Å². The van der Waals surface area contributed by atoms with E-state index in [9.17, 15) is 14.4 Å². The molecule has 1 aromatic carbocycles. The van der Waals surface area contributed by atoms with Crippen molar-refractivity contribution in [1.29, 1.82) is 0 Å². The van der Waals surface area contributed by atoms with Gasteiger partial charge < -0.3 is 14.2 Å². The Morgan fingerprint density at radius 3 is 1.84 bits per heavy atom. The fourth-order valence-corrected chi connectivity index (χ4v) is 2.57. The Bertz CT molecular complexity index is 930. The van der Waals surface area contributed by atoms with E-state index in [0.29, 0.717) is 10.5 Å². The molecule has 2 rings (SSSR count). The first kappa shape index (κ1) is 23.9. The van der Waals surface area contributed by atoms with Crippen LogP contribution in [0.3, 0.4) is 0 Å². The lowest BCUT2D eigenvalue weighted by Gasteiger charge is -2.28. The molecule has 0 aliphatic rings. The minimum absolute atomic E-state index is 0.122. The number of esters is 1. The molecule has 0 atom stereocenters. The number of aromatic nitrogens is 1. The van der Waals surface area contributed by atoms with Crippen LogP contribution in [0.4, 0.5) is 15.4 Å². The van der Waals surface area contributed by atoms with Crippen LogP contribution < -0.4 is 4.90 Å². The van der Waals surface area contributed by atoms with Crippen molar-refractivity contribution in [3.63, 3.8) is 0 Å². The Labute approximate surface area is 182 Å². The van der Waals surface area contributed by atoms with Crippen molar-refractivity contribution < 1.29 is 28.6 Å². The number of carbonyl (C=O) groups is 3. The SMILES string of the molecule is COC(=O)c1cc(N(C(=O)OC(C)(C)C)C(=O)OC(C)(C)C)ncc1-c1ccccc1. The van der Waals surface area contributed by atoms with E-state index in [0.717, 1.165) is 5.56 Å². The van der Waals surface area contributed by atoms with Crippen molar-refractivity contribution in [2.24, 2.45) is 0 Å². The third-order valence-corrected chi connectivity index (χ3v) is 3.76. The highest BCUT2D eigenvalue weighted by atomic mass is 16.6. The lowest BCUT2D eigenvalue weighted by molar-refractivity contribution is 0.0427. The Balaban J connectivity index is 2.60. The van der Waals surface area contributed by atoms with E-state index in [1.165, 1.54) is 19.4 Å². The molecular weight excluding hydrogens is 400 g/mol. The van der Waals surface area contributed by atoms with Gasteiger partial charge in [0.2, 0.25) is 0 Å². The van der Waals surface area contributed by atoms with Gasteiger partial charge in [-0.15, -0.1) is 0 Å². The van der Waals surface area contributed by atoms with Crippen LogP contribution in [0.25, 0.3) is 11.1 Å². The molecule has 8 heteroatoms. The molecule has 166 valence electrons. The number of hydrogen-bond acceptors (Lipinski definition) is 7. The topological polar surface area (TPSA) is 95.0 Å². The van der Waals surface area contributed by atoms with E-state index in [2.05, 4.69) is 4.98 Å². The number of amides is 2. The summed E-state index contributed by atoms with van der Waals surface area (Å²) in [6.45, 7) is 10.0. The lowest BCUT2D eigenvalue weighted by Crippen LogP contribution is -2.44. The molecule has 2 aromatic rings. The quantitative estimate of drug-likeness (QED) is 0.489. The molecule has 0 saturated carbocycles. The Kier molecular flexibility index (Phi) is 7.05. The second-order valence-electron chi connectivity index (χ2n) is 8.74. The largest absolute Gasteiger partial charge is 0.465 e. The van der Waals surface area contributed by atoms with Crippen LogP contribution in [0.1, 0.15) is 51.9 Å². The summed E-state index contributed by atoms with van der Waals surface area (Å²) in [5.74, 6) is -0.764. The smallest absolute Gasteiger partial charge is 0.425 e. The molecule has 2 amide bonds. The molecular formula is C23H28N2O6. The first-order valence-electron chi connectivity index (χ1n) is 9.72. The number of hydrogen-bond donors (Lipinski definition) is 0. The maximum Gasteiger partial charge on any atom is 0.425 e. The zero-order valence-electron chi connectivity index (χ0n) is 18.9. The Hall–Kier alpha value is -3.42. The van der Waals surface area contributed by atoms with Crippen molar-refractivity contribution in [2.45, 2.75) is 52.7 Å². The van der Waals surface area contributed by atoms with E-state index in [4.69, 9.17) is 14.2 Å². The molecule has 0 radical (unpaired) electrons. The number of pyridine rings is 1. The molecule has 1 heterocycles. The van der Waals surface area contributed by atoms with Gasteiger partial charge in [-0.25, -0.2) is 19.4 Å². The summed E-state index contributed by atoms with van der Waals surface area (Å²) >= 11 is 0. The minimum atomic E-state index is -0.975. The van der Waals surface area contributed by atoms with Gasteiger partial charge in [0, 0.05) is 11.8 Å². The Morgan fingerprint density at radius 1 is 0.871 bits per heavy atom. The maximum absolute atomic E-state index is 12.8. The van der Waals surface area contributed by atoms with E-state index in [1.54, 1.807) is 41.5 Å². The number of anilines is 1. The van der Waals surface area contributed by atoms with Crippen molar-refractivity contribution in [2.75, 3.05) is 12.0 Å². The predicted molar refractivity (Wildman–Crippen MR) is 116 cm³/mol. The zero-order chi connectivity index (χ0) is 23.4. The predicted octanol–water partition coefficient (Wildman–Crippen LogP) is 5.21. The molecule has 0 N–H and O–H groups in total. The van der Waals surface area contributed by atoms with Gasteiger partial charge in [-0.1, -0.05) is 30.3 Å². The third kappa shape index (κ3) is 6.53. The molecule has 31 heavy (non-hydrogen) atoms. The summed E-state index contributed by atoms with van der Waals surface area (Å²) in [6.07, 6.45) is -0.548. The molecule has 1 aromatic heterocycles.